The normalized spacial score (nSPS) is 17.2. The van der Waals surface area contributed by atoms with E-state index in [1.807, 2.05) is 58.0 Å². The second-order valence-corrected chi connectivity index (χ2v) is 26.9. The zero-order valence-electron chi connectivity index (χ0n) is 58.4. The number of rotatable bonds is 42. The molecule has 9 amide bonds. The fourth-order valence-corrected chi connectivity index (χ4v) is 13.2. The lowest BCUT2D eigenvalue weighted by molar-refractivity contribution is -0.149. The molecule has 0 aromatic heterocycles. The molecule has 2 fully saturated rings. The van der Waals surface area contributed by atoms with E-state index in [-0.39, 0.29) is 141 Å². The van der Waals surface area contributed by atoms with Gasteiger partial charge < -0.3 is 55.7 Å². The minimum Gasteiger partial charge on any atom is -0.481 e. The highest BCUT2D eigenvalue weighted by atomic mass is 16.6. The van der Waals surface area contributed by atoms with Crippen molar-refractivity contribution in [2.45, 2.75) is 208 Å². The Hall–Kier alpha value is -7.60. The molecule has 2 saturated heterocycles. The van der Waals surface area contributed by atoms with Crippen LogP contribution in [0, 0.1) is 47.3 Å². The van der Waals surface area contributed by atoms with Crippen LogP contribution in [0.2, 0.25) is 0 Å². The number of ether oxygens (including phenoxy) is 3. The Morgan fingerprint density at radius 2 is 1.36 bits per heavy atom. The van der Waals surface area contributed by atoms with Crippen molar-refractivity contribution in [1.82, 2.24) is 30.2 Å². The molecule has 2 aromatic rings. The number of aliphatic carboxylic acids is 1. The standard InChI is InChI=1S/C71H108N8O16/c1-14-46(8)65(58(93-12)41-62(86)78-36-22-26-54(78)66(94-13)47(9)55(80)39-51(69(89)90)37-48-23-17-15-18-24-48)76(10)68(88)53(43(2)3)40-57(82)64(45(6)7)77(11)71(92)95-42-49-28-30-52(31-29-49)74-67(87)50(25-21-34-73-70(72)91)38-56(81)63(44(4)5)75-59(83)27-19-16-20-35-79-60(84)32-33-61(79)85/h15,17-18,23-24,28-31,43-47,50-51,53-54,58,63-66H,14,16,19-22,25-27,32-42H2,1-13H3,(H,74,87)(H,75,83)(H,89,90)(H3,72,73,91)/t46-,47-,50?,51+,53?,54-,58+,63-,64-,65-,66+/m0/s1. The number of ketones is 3. The molecule has 2 aromatic carbocycles. The number of hydrogen-bond acceptors (Lipinski definition) is 15. The fourth-order valence-electron chi connectivity index (χ4n) is 13.2. The van der Waals surface area contributed by atoms with Gasteiger partial charge in [0.1, 0.15) is 12.4 Å². The van der Waals surface area contributed by atoms with Crippen LogP contribution in [0.3, 0.4) is 0 Å². The van der Waals surface area contributed by atoms with Crippen molar-refractivity contribution in [3.8, 4) is 0 Å². The number of urea groups is 1. The maximum Gasteiger partial charge on any atom is 0.410 e. The number of carboxylic acids is 1. The van der Waals surface area contributed by atoms with Gasteiger partial charge in [0.15, 0.2) is 11.6 Å². The van der Waals surface area contributed by atoms with Crippen LogP contribution in [0.5, 0.6) is 0 Å². The Labute approximate surface area is 561 Å². The van der Waals surface area contributed by atoms with Crippen LogP contribution in [0.4, 0.5) is 15.3 Å². The van der Waals surface area contributed by atoms with Gasteiger partial charge in [-0.15, -0.1) is 0 Å². The largest absolute Gasteiger partial charge is 0.481 e. The first kappa shape index (κ1) is 79.8. The lowest BCUT2D eigenvalue weighted by Crippen LogP contribution is -2.54. The van der Waals surface area contributed by atoms with Crippen molar-refractivity contribution < 1.29 is 76.9 Å². The zero-order valence-corrected chi connectivity index (χ0v) is 58.4. The number of hydrogen-bond donors (Lipinski definition) is 5. The highest BCUT2D eigenvalue weighted by Crippen LogP contribution is 2.33. The SMILES string of the molecule is CC[C@H](C)[C@@H]([C@@H](CC(=O)N1CCC[C@H]1[C@H](OC)[C@@H](C)C(=O)C[C@@H](Cc1ccccc1)C(=O)O)OC)N(C)C(=O)C(CC(=O)[C@H](C(C)C)N(C)C(=O)OCc1ccc(NC(=O)C(CCCNC(N)=O)CC(=O)[C@@H](NC(=O)CCCCCN2C(=O)CCC2=O)C(C)C)cc1)C(C)C. The number of nitrogens with zero attached hydrogens (tertiary/aromatic N) is 4. The number of likely N-dealkylation sites (N-methyl/N-ethyl adjacent to an activating group) is 2. The molecule has 2 heterocycles. The zero-order chi connectivity index (χ0) is 70.8. The van der Waals surface area contributed by atoms with Gasteiger partial charge in [-0.2, -0.15) is 0 Å². The smallest absolute Gasteiger partial charge is 0.410 e. The molecule has 11 atom stereocenters. The Morgan fingerprint density at radius 3 is 1.93 bits per heavy atom. The molecule has 0 spiro atoms. The molecule has 2 aliphatic heterocycles. The number of nitrogens with two attached hydrogens (primary N) is 1. The summed E-state index contributed by atoms with van der Waals surface area (Å²) in [6.45, 7) is 17.2. The number of primary amides is 1. The number of unbranched alkanes of at least 4 members (excludes halogenated alkanes) is 2. The monoisotopic (exact) mass is 1330 g/mol. The molecule has 4 rings (SSSR count). The van der Waals surface area contributed by atoms with E-state index in [0.717, 1.165) is 5.56 Å². The van der Waals surface area contributed by atoms with Crippen LogP contribution in [-0.4, -0.2) is 180 Å². The van der Waals surface area contributed by atoms with E-state index in [9.17, 15) is 62.6 Å². The summed E-state index contributed by atoms with van der Waals surface area (Å²) in [4.78, 5) is 166. The summed E-state index contributed by atoms with van der Waals surface area (Å²) in [7, 11) is 6.13. The number of amides is 9. The average molecular weight is 1330 g/mol. The van der Waals surface area contributed by atoms with Crippen LogP contribution in [0.25, 0.3) is 0 Å². The van der Waals surface area contributed by atoms with Gasteiger partial charge in [-0.25, -0.2) is 9.59 Å². The van der Waals surface area contributed by atoms with Gasteiger partial charge in [-0.1, -0.05) is 118 Å². The van der Waals surface area contributed by atoms with Crippen molar-refractivity contribution in [2.75, 3.05) is 53.3 Å². The summed E-state index contributed by atoms with van der Waals surface area (Å²) in [6.07, 6.45) is 1.79. The van der Waals surface area contributed by atoms with Crippen molar-refractivity contribution in [2.24, 2.45) is 53.1 Å². The topological polar surface area (TPSA) is 328 Å². The van der Waals surface area contributed by atoms with E-state index in [4.69, 9.17) is 19.9 Å². The highest BCUT2D eigenvalue weighted by molar-refractivity contribution is 6.02. The summed E-state index contributed by atoms with van der Waals surface area (Å²) in [5.41, 5.74) is 7.00. The number of carboxylic acid groups (broad SMARTS) is 1. The fraction of sp³-hybridized carbons (Fsp3) is 0.662. The van der Waals surface area contributed by atoms with Crippen LogP contribution in [0.1, 0.15) is 170 Å². The molecule has 0 radical (unpaired) electrons. The molecule has 24 heteroatoms. The van der Waals surface area contributed by atoms with Gasteiger partial charge in [0, 0.05) is 110 Å². The lowest BCUT2D eigenvalue weighted by Gasteiger charge is -2.41. The third-order valence-electron chi connectivity index (χ3n) is 18.9. The van der Waals surface area contributed by atoms with Gasteiger partial charge in [-0.05, 0) is 91.9 Å². The van der Waals surface area contributed by atoms with Crippen LogP contribution in [-0.2, 0) is 75.2 Å². The Morgan fingerprint density at radius 1 is 0.716 bits per heavy atom. The second kappa shape index (κ2) is 39.4. The van der Waals surface area contributed by atoms with E-state index in [1.54, 1.807) is 75.7 Å². The quantitative estimate of drug-likeness (QED) is 0.0309. The van der Waals surface area contributed by atoms with Crippen LogP contribution in [0.15, 0.2) is 54.6 Å². The van der Waals surface area contributed by atoms with Gasteiger partial charge in [0.25, 0.3) is 0 Å². The number of likely N-dealkylation sites (tertiary alicyclic amines) is 2. The van der Waals surface area contributed by atoms with E-state index in [1.165, 1.54) is 31.1 Å². The number of benzene rings is 2. The number of anilines is 1. The maximum absolute atomic E-state index is 14.9. The van der Waals surface area contributed by atoms with E-state index < -0.39 is 84.0 Å². The molecule has 2 aliphatic rings. The predicted molar refractivity (Wildman–Crippen MR) is 358 cm³/mol. The third-order valence-corrected chi connectivity index (χ3v) is 18.9. The predicted octanol–water partition coefficient (Wildman–Crippen LogP) is 8.15. The van der Waals surface area contributed by atoms with E-state index >= 15 is 0 Å². The summed E-state index contributed by atoms with van der Waals surface area (Å²) in [5, 5.41) is 18.3. The summed E-state index contributed by atoms with van der Waals surface area (Å²) in [5.74, 6) is -8.31. The van der Waals surface area contributed by atoms with Gasteiger partial charge in [-0.3, -0.25) is 52.8 Å². The first-order valence-corrected chi connectivity index (χ1v) is 33.9. The summed E-state index contributed by atoms with van der Waals surface area (Å²) in [6, 6.07) is 12.0. The number of carbonyl (C=O) groups is 12. The number of imide groups is 1. The second-order valence-electron chi connectivity index (χ2n) is 26.9. The van der Waals surface area contributed by atoms with Crippen LogP contribution >= 0.6 is 0 Å². The summed E-state index contributed by atoms with van der Waals surface area (Å²) < 4.78 is 17.8. The number of carbonyl (C=O) groups excluding carboxylic acids is 11. The van der Waals surface area contributed by atoms with Crippen molar-refractivity contribution >= 4 is 76.6 Å². The molecule has 95 heavy (non-hydrogen) atoms. The van der Waals surface area contributed by atoms with E-state index in [0.29, 0.717) is 69.3 Å². The molecular formula is C71H108N8O16. The van der Waals surface area contributed by atoms with E-state index in [2.05, 4.69) is 16.0 Å². The molecule has 2 unspecified atom stereocenters. The van der Waals surface area contributed by atoms with Gasteiger partial charge in [0.05, 0.1) is 48.7 Å². The number of Topliss-reactive ketones (excluding diaryl/α,β-unsaturated/α-hetero) is 3. The summed E-state index contributed by atoms with van der Waals surface area (Å²) >= 11 is 0. The molecule has 0 saturated carbocycles. The van der Waals surface area contributed by atoms with Gasteiger partial charge in [0.2, 0.25) is 35.4 Å². The molecule has 0 bridgehead atoms. The van der Waals surface area contributed by atoms with Gasteiger partial charge >= 0.3 is 18.1 Å². The first-order valence-electron chi connectivity index (χ1n) is 33.9. The minimum atomic E-state index is -1.07. The van der Waals surface area contributed by atoms with Crippen molar-refractivity contribution in [1.29, 1.82) is 0 Å². The third kappa shape index (κ3) is 24.2. The first-order chi connectivity index (χ1) is 44.9. The van der Waals surface area contributed by atoms with Crippen molar-refractivity contribution in [3.05, 3.63) is 65.7 Å². The number of methoxy groups -OCH3 is 2. The molecule has 6 N–H and O–H groups in total. The van der Waals surface area contributed by atoms with Crippen LogP contribution < -0.4 is 21.7 Å². The molecule has 24 nitrogen and oxygen atoms in total. The highest BCUT2D eigenvalue weighted by Gasteiger charge is 2.44. The van der Waals surface area contributed by atoms with Crippen molar-refractivity contribution in [3.63, 3.8) is 0 Å². The Bertz CT molecular complexity index is 2890. The molecular weight excluding hydrogens is 1220 g/mol. The Kier molecular flexibility index (Phi) is 33.1. The number of nitrogens with one attached hydrogen (secondary N) is 3. The Balaban J connectivity index is 1.38. The lowest BCUT2D eigenvalue weighted by atomic mass is 9.83. The molecule has 528 valence electrons. The average Bonchev–Trinajstić information content (AvgIpc) is 1.81. The minimum absolute atomic E-state index is 0.0970. The maximum atomic E-state index is 14.9. The molecule has 0 aliphatic carbocycles.